The lowest BCUT2D eigenvalue weighted by Crippen LogP contribution is -1.94. The number of rotatable bonds is 2. The molecule has 0 saturated heterocycles. The van der Waals surface area contributed by atoms with Crippen LogP contribution in [-0.4, -0.2) is 9.97 Å². The normalized spacial score (nSPS) is 11.2. The fraction of sp³-hybridized carbons (Fsp3) is 0.0909. The molecule has 2 heterocycles. The summed E-state index contributed by atoms with van der Waals surface area (Å²) in [6, 6.07) is 5.72. The summed E-state index contributed by atoms with van der Waals surface area (Å²) >= 11 is 9.11. The second-order valence-electron chi connectivity index (χ2n) is 3.46. The predicted molar refractivity (Wildman–Crippen MR) is 73.6 cm³/mol. The van der Waals surface area contributed by atoms with Crippen molar-refractivity contribution in [2.24, 2.45) is 5.73 Å². The Labute approximate surface area is 111 Å². The van der Waals surface area contributed by atoms with Gasteiger partial charge in [-0.2, -0.15) is 0 Å². The average molecular weight is 282 g/mol. The molecule has 86 valence electrons. The van der Waals surface area contributed by atoms with Gasteiger partial charge in [0.2, 0.25) is 0 Å². The molecule has 0 atom stereocenters. The lowest BCUT2D eigenvalue weighted by atomic mass is 10.3. The van der Waals surface area contributed by atoms with Gasteiger partial charge >= 0.3 is 0 Å². The topological polar surface area (TPSA) is 51.8 Å². The largest absolute Gasteiger partial charge is 0.325 e. The molecular weight excluding hydrogens is 274 g/mol. The number of benzene rings is 1. The lowest BCUT2D eigenvalue weighted by molar-refractivity contribution is 1.04. The zero-order valence-corrected chi connectivity index (χ0v) is 11.1. The van der Waals surface area contributed by atoms with Crippen LogP contribution in [0.3, 0.4) is 0 Å². The Bertz CT molecular complexity index is 674. The maximum atomic E-state index is 5.94. The van der Waals surface area contributed by atoms with Gasteiger partial charge in [-0.3, -0.25) is 0 Å². The van der Waals surface area contributed by atoms with Crippen LogP contribution in [0.5, 0.6) is 0 Å². The van der Waals surface area contributed by atoms with Crippen molar-refractivity contribution in [2.45, 2.75) is 6.54 Å². The molecular formula is C11H8ClN3S2. The number of thiazole rings is 2. The van der Waals surface area contributed by atoms with Gasteiger partial charge in [0.1, 0.15) is 15.7 Å². The van der Waals surface area contributed by atoms with Crippen LogP contribution in [0.1, 0.15) is 5.01 Å². The summed E-state index contributed by atoms with van der Waals surface area (Å²) in [7, 11) is 0. The first kappa shape index (κ1) is 11.1. The minimum absolute atomic E-state index is 0.474. The summed E-state index contributed by atoms with van der Waals surface area (Å²) < 4.78 is 1.12. The number of nitrogens with zero attached hydrogens (tertiary/aromatic N) is 2. The van der Waals surface area contributed by atoms with Crippen LogP contribution in [0.15, 0.2) is 23.6 Å². The van der Waals surface area contributed by atoms with Gasteiger partial charge in [-0.15, -0.1) is 22.7 Å². The SMILES string of the molecule is NCc1nc(-c2nc3cc(Cl)ccc3s2)cs1. The first-order valence-electron chi connectivity index (χ1n) is 4.97. The third-order valence-corrected chi connectivity index (χ3v) is 4.46. The highest BCUT2D eigenvalue weighted by atomic mass is 35.5. The minimum Gasteiger partial charge on any atom is -0.325 e. The van der Waals surface area contributed by atoms with Crippen LogP contribution >= 0.6 is 34.3 Å². The summed E-state index contributed by atoms with van der Waals surface area (Å²) in [6.07, 6.45) is 0. The van der Waals surface area contributed by atoms with E-state index in [1.54, 1.807) is 22.7 Å². The Morgan fingerprint density at radius 2 is 2.18 bits per heavy atom. The Balaban J connectivity index is 2.11. The van der Waals surface area contributed by atoms with Crippen LogP contribution in [-0.2, 0) is 6.54 Å². The number of nitrogens with two attached hydrogens (primary N) is 1. The number of fused-ring (bicyclic) bond motifs is 1. The highest BCUT2D eigenvalue weighted by molar-refractivity contribution is 7.22. The van der Waals surface area contributed by atoms with Crippen molar-refractivity contribution in [3.63, 3.8) is 0 Å². The van der Waals surface area contributed by atoms with Crippen LogP contribution in [0, 0.1) is 0 Å². The van der Waals surface area contributed by atoms with Gasteiger partial charge in [-0.1, -0.05) is 11.6 Å². The maximum Gasteiger partial charge on any atom is 0.143 e. The molecule has 0 saturated carbocycles. The highest BCUT2D eigenvalue weighted by Crippen LogP contribution is 2.31. The predicted octanol–water partition coefficient (Wildman–Crippen LogP) is 3.53. The van der Waals surface area contributed by atoms with Crippen LogP contribution < -0.4 is 5.73 Å². The fourth-order valence-corrected chi connectivity index (χ4v) is 3.32. The number of hydrogen-bond acceptors (Lipinski definition) is 5. The zero-order valence-electron chi connectivity index (χ0n) is 8.68. The molecule has 6 heteroatoms. The van der Waals surface area contributed by atoms with Gasteiger partial charge < -0.3 is 5.73 Å². The van der Waals surface area contributed by atoms with E-state index in [1.165, 1.54) is 0 Å². The van der Waals surface area contributed by atoms with Crippen molar-refractivity contribution < 1.29 is 0 Å². The second kappa shape index (κ2) is 4.34. The van der Waals surface area contributed by atoms with Crippen molar-refractivity contribution >= 4 is 44.5 Å². The van der Waals surface area contributed by atoms with Crippen molar-refractivity contribution in [1.82, 2.24) is 9.97 Å². The van der Waals surface area contributed by atoms with Crippen LogP contribution in [0.2, 0.25) is 5.02 Å². The summed E-state index contributed by atoms with van der Waals surface area (Å²) in [5.41, 5.74) is 7.36. The summed E-state index contributed by atoms with van der Waals surface area (Å²) in [4.78, 5) is 8.95. The van der Waals surface area contributed by atoms with E-state index in [9.17, 15) is 0 Å². The molecule has 0 aliphatic rings. The van der Waals surface area contributed by atoms with Crippen LogP contribution in [0.4, 0.5) is 0 Å². The quantitative estimate of drug-likeness (QED) is 0.782. The van der Waals surface area contributed by atoms with E-state index in [0.717, 1.165) is 25.9 Å². The van der Waals surface area contributed by atoms with Gasteiger partial charge in [0, 0.05) is 16.9 Å². The second-order valence-corrected chi connectivity index (χ2v) is 5.87. The smallest absolute Gasteiger partial charge is 0.143 e. The molecule has 0 unspecified atom stereocenters. The van der Waals surface area contributed by atoms with E-state index >= 15 is 0 Å². The Morgan fingerprint density at radius 3 is 2.94 bits per heavy atom. The first-order valence-corrected chi connectivity index (χ1v) is 7.04. The molecule has 3 rings (SSSR count). The van der Waals surface area contributed by atoms with Crippen LogP contribution in [0.25, 0.3) is 20.9 Å². The van der Waals surface area contributed by atoms with E-state index in [-0.39, 0.29) is 0 Å². The van der Waals surface area contributed by atoms with Crippen molar-refractivity contribution in [2.75, 3.05) is 0 Å². The maximum absolute atomic E-state index is 5.94. The molecule has 0 bridgehead atoms. The number of hydrogen-bond donors (Lipinski definition) is 1. The summed E-state index contributed by atoms with van der Waals surface area (Å²) in [6.45, 7) is 0.474. The molecule has 0 fully saturated rings. The van der Waals surface area contributed by atoms with Gasteiger partial charge in [0.15, 0.2) is 0 Å². The number of aromatic nitrogens is 2. The first-order chi connectivity index (χ1) is 8.26. The van der Waals surface area contributed by atoms with E-state index in [2.05, 4.69) is 9.97 Å². The molecule has 3 nitrogen and oxygen atoms in total. The highest BCUT2D eigenvalue weighted by Gasteiger charge is 2.09. The van der Waals surface area contributed by atoms with E-state index in [4.69, 9.17) is 17.3 Å². The molecule has 0 amide bonds. The third kappa shape index (κ3) is 2.07. The van der Waals surface area contributed by atoms with Gasteiger partial charge in [-0.05, 0) is 18.2 Å². The summed E-state index contributed by atoms with van der Waals surface area (Å²) in [5.74, 6) is 0. The summed E-state index contributed by atoms with van der Waals surface area (Å²) in [5, 5.41) is 4.53. The van der Waals surface area contributed by atoms with E-state index in [1.807, 2.05) is 23.6 Å². The third-order valence-electron chi connectivity index (χ3n) is 2.30. The molecule has 17 heavy (non-hydrogen) atoms. The molecule has 0 aliphatic carbocycles. The molecule has 0 spiro atoms. The van der Waals surface area contributed by atoms with Crippen molar-refractivity contribution in [3.05, 3.63) is 33.6 Å². The van der Waals surface area contributed by atoms with E-state index in [0.29, 0.717) is 11.6 Å². The van der Waals surface area contributed by atoms with Gasteiger partial charge in [0.05, 0.1) is 10.2 Å². The molecule has 1 aromatic carbocycles. The number of halogens is 1. The molecule has 3 aromatic rings. The van der Waals surface area contributed by atoms with E-state index < -0.39 is 0 Å². The standard InChI is InChI=1S/C11H8ClN3S2/c12-6-1-2-9-7(3-6)15-11(17-9)8-5-16-10(4-13)14-8/h1-3,5H,4,13H2. The Kier molecular flexibility index (Phi) is 2.84. The van der Waals surface area contributed by atoms with Gasteiger partial charge in [-0.25, -0.2) is 9.97 Å². The molecule has 2 aromatic heterocycles. The lowest BCUT2D eigenvalue weighted by Gasteiger charge is -1.87. The molecule has 2 N–H and O–H groups in total. The molecule has 0 radical (unpaired) electrons. The fourth-order valence-electron chi connectivity index (χ4n) is 1.51. The Hall–Kier alpha value is -1.01. The average Bonchev–Trinajstić information content (AvgIpc) is 2.93. The van der Waals surface area contributed by atoms with Gasteiger partial charge in [0.25, 0.3) is 0 Å². The Morgan fingerprint density at radius 1 is 1.29 bits per heavy atom. The monoisotopic (exact) mass is 281 g/mol. The zero-order chi connectivity index (χ0) is 11.8. The molecule has 0 aliphatic heterocycles. The van der Waals surface area contributed by atoms with Crippen molar-refractivity contribution in [1.29, 1.82) is 0 Å². The van der Waals surface area contributed by atoms with Crippen molar-refractivity contribution in [3.8, 4) is 10.7 Å². The minimum atomic E-state index is 0.474.